The summed E-state index contributed by atoms with van der Waals surface area (Å²) in [6.45, 7) is 2.57. The molecular weight excluding hydrogens is 392 g/mol. The molecule has 1 fully saturated rings. The Hall–Kier alpha value is -3.07. The van der Waals surface area contributed by atoms with E-state index in [1.165, 1.54) is 11.8 Å². The lowest BCUT2D eigenvalue weighted by atomic mass is 10.2. The SMILES string of the molecule is Cc1occc1-c1nnc(SCCC(=O)Nc2ccc(N3CCCC3=O)cc2)o1. The highest BCUT2D eigenvalue weighted by Gasteiger charge is 2.21. The van der Waals surface area contributed by atoms with E-state index in [0.29, 0.717) is 41.2 Å². The first kappa shape index (κ1) is 19.3. The zero-order valence-electron chi connectivity index (χ0n) is 15.9. The van der Waals surface area contributed by atoms with Crippen molar-refractivity contribution in [1.82, 2.24) is 10.2 Å². The van der Waals surface area contributed by atoms with Gasteiger partial charge in [-0.15, -0.1) is 10.2 Å². The van der Waals surface area contributed by atoms with E-state index in [-0.39, 0.29) is 11.8 Å². The fourth-order valence-electron chi connectivity index (χ4n) is 3.08. The van der Waals surface area contributed by atoms with Crippen LogP contribution in [-0.4, -0.2) is 34.3 Å². The molecule has 0 atom stereocenters. The van der Waals surface area contributed by atoms with E-state index in [9.17, 15) is 9.59 Å². The fourth-order valence-corrected chi connectivity index (χ4v) is 3.78. The van der Waals surface area contributed by atoms with Gasteiger partial charge in [0.25, 0.3) is 11.1 Å². The summed E-state index contributed by atoms with van der Waals surface area (Å²) in [6.07, 6.45) is 3.36. The Bertz CT molecular complexity index is 1010. The lowest BCUT2D eigenvalue weighted by molar-refractivity contribution is -0.117. The number of carbonyl (C=O) groups excluding carboxylic acids is 2. The van der Waals surface area contributed by atoms with Gasteiger partial charge in [0.1, 0.15) is 5.76 Å². The first-order valence-corrected chi connectivity index (χ1v) is 10.3. The number of anilines is 2. The molecular formula is C20H20N4O4S. The number of hydrogen-bond donors (Lipinski definition) is 1. The zero-order valence-corrected chi connectivity index (χ0v) is 16.7. The summed E-state index contributed by atoms with van der Waals surface area (Å²) in [5.74, 6) is 1.67. The number of nitrogens with one attached hydrogen (secondary N) is 1. The van der Waals surface area contributed by atoms with Crippen LogP contribution in [0.1, 0.15) is 25.0 Å². The van der Waals surface area contributed by atoms with Crippen LogP contribution in [0.5, 0.6) is 0 Å². The third-order valence-electron chi connectivity index (χ3n) is 4.59. The number of hydrogen-bond acceptors (Lipinski definition) is 7. The summed E-state index contributed by atoms with van der Waals surface area (Å²) in [6, 6.07) is 9.10. The van der Waals surface area contributed by atoms with Gasteiger partial charge in [0.2, 0.25) is 11.8 Å². The maximum atomic E-state index is 12.2. The maximum absolute atomic E-state index is 12.2. The molecule has 0 radical (unpaired) electrons. The van der Waals surface area contributed by atoms with Crippen LogP contribution in [0.15, 0.2) is 50.7 Å². The quantitative estimate of drug-likeness (QED) is 0.588. The van der Waals surface area contributed by atoms with E-state index < -0.39 is 0 Å². The molecule has 3 aromatic rings. The van der Waals surface area contributed by atoms with Gasteiger partial charge in [0.15, 0.2) is 0 Å². The van der Waals surface area contributed by atoms with E-state index in [1.807, 2.05) is 31.2 Å². The second-order valence-electron chi connectivity index (χ2n) is 6.61. The lowest BCUT2D eigenvalue weighted by Crippen LogP contribution is -2.23. The Morgan fingerprint density at radius 3 is 2.76 bits per heavy atom. The molecule has 1 aliphatic rings. The molecule has 1 saturated heterocycles. The summed E-state index contributed by atoms with van der Waals surface area (Å²) in [4.78, 5) is 25.7. The van der Waals surface area contributed by atoms with Gasteiger partial charge in [-0.2, -0.15) is 0 Å². The first-order chi connectivity index (χ1) is 14.1. The number of benzene rings is 1. The third kappa shape index (κ3) is 4.51. The minimum Gasteiger partial charge on any atom is -0.469 e. The third-order valence-corrected chi connectivity index (χ3v) is 5.41. The Morgan fingerprint density at radius 1 is 1.24 bits per heavy atom. The number of rotatable bonds is 7. The average Bonchev–Trinajstić information content (AvgIpc) is 3.44. The standard InChI is InChI=1S/C20H20N4O4S/c1-13-16(8-11-27-13)19-22-23-20(28-19)29-12-9-17(25)21-14-4-6-15(7-5-14)24-10-2-3-18(24)26/h4-8,11H,2-3,9-10,12H2,1H3,(H,21,25). The smallest absolute Gasteiger partial charge is 0.276 e. The van der Waals surface area contributed by atoms with Crippen LogP contribution in [0.25, 0.3) is 11.5 Å². The molecule has 0 aliphatic carbocycles. The minimum atomic E-state index is -0.104. The second-order valence-corrected chi connectivity index (χ2v) is 7.65. The predicted molar refractivity (Wildman–Crippen MR) is 109 cm³/mol. The van der Waals surface area contributed by atoms with Crippen LogP contribution >= 0.6 is 11.8 Å². The number of nitrogens with zero attached hydrogens (tertiary/aromatic N) is 3. The first-order valence-electron chi connectivity index (χ1n) is 9.31. The summed E-state index contributed by atoms with van der Waals surface area (Å²) in [7, 11) is 0. The van der Waals surface area contributed by atoms with Crippen LogP contribution in [0, 0.1) is 6.92 Å². The van der Waals surface area contributed by atoms with Gasteiger partial charge in [-0.3, -0.25) is 9.59 Å². The van der Waals surface area contributed by atoms with Crippen molar-refractivity contribution in [1.29, 1.82) is 0 Å². The van der Waals surface area contributed by atoms with Gasteiger partial charge in [0.05, 0.1) is 11.8 Å². The predicted octanol–water partition coefficient (Wildman–Crippen LogP) is 3.89. The number of thioether (sulfide) groups is 1. The second kappa shape index (κ2) is 8.52. The largest absolute Gasteiger partial charge is 0.469 e. The van der Waals surface area contributed by atoms with E-state index in [1.54, 1.807) is 17.2 Å². The molecule has 0 spiro atoms. The molecule has 2 amide bonds. The molecule has 0 saturated carbocycles. The summed E-state index contributed by atoms with van der Waals surface area (Å²) >= 11 is 1.33. The van der Waals surface area contributed by atoms with Crippen molar-refractivity contribution in [3.05, 3.63) is 42.4 Å². The number of furan rings is 1. The van der Waals surface area contributed by atoms with Crippen LogP contribution in [-0.2, 0) is 9.59 Å². The molecule has 8 nitrogen and oxygen atoms in total. The fraction of sp³-hybridized carbons (Fsp3) is 0.300. The normalized spacial score (nSPS) is 13.8. The lowest BCUT2D eigenvalue weighted by Gasteiger charge is -2.16. The average molecular weight is 412 g/mol. The molecule has 0 bridgehead atoms. The monoisotopic (exact) mass is 412 g/mol. The highest BCUT2D eigenvalue weighted by molar-refractivity contribution is 7.99. The topological polar surface area (TPSA) is 101 Å². The van der Waals surface area contributed by atoms with E-state index in [4.69, 9.17) is 8.83 Å². The molecule has 2 aromatic heterocycles. The number of amides is 2. The van der Waals surface area contributed by atoms with E-state index in [0.717, 1.165) is 24.2 Å². The van der Waals surface area contributed by atoms with E-state index in [2.05, 4.69) is 15.5 Å². The van der Waals surface area contributed by atoms with Crippen LogP contribution in [0.3, 0.4) is 0 Å². The van der Waals surface area contributed by atoms with Crippen LogP contribution in [0.4, 0.5) is 11.4 Å². The molecule has 1 aliphatic heterocycles. The zero-order chi connectivity index (χ0) is 20.2. The molecule has 1 aromatic carbocycles. The van der Waals surface area contributed by atoms with Crippen molar-refractivity contribution in [3.8, 4) is 11.5 Å². The maximum Gasteiger partial charge on any atom is 0.276 e. The molecule has 1 N–H and O–H groups in total. The van der Waals surface area contributed by atoms with Crippen molar-refractivity contribution in [2.45, 2.75) is 31.4 Å². The highest BCUT2D eigenvalue weighted by Crippen LogP contribution is 2.27. The molecule has 9 heteroatoms. The van der Waals surface area contributed by atoms with Gasteiger partial charge in [-0.25, -0.2) is 0 Å². The van der Waals surface area contributed by atoms with Gasteiger partial charge < -0.3 is 19.1 Å². The highest BCUT2D eigenvalue weighted by atomic mass is 32.2. The van der Waals surface area contributed by atoms with Crippen LogP contribution in [0.2, 0.25) is 0 Å². The van der Waals surface area contributed by atoms with Gasteiger partial charge in [-0.05, 0) is 43.7 Å². The molecule has 4 rings (SSSR count). The summed E-state index contributed by atoms with van der Waals surface area (Å²) < 4.78 is 10.8. The molecule has 3 heterocycles. The Kier molecular flexibility index (Phi) is 5.66. The van der Waals surface area contributed by atoms with Gasteiger partial charge in [0, 0.05) is 36.5 Å². The number of aryl methyl sites for hydroxylation is 1. The van der Waals surface area contributed by atoms with Crippen molar-refractivity contribution in [2.24, 2.45) is 0 Å². The Labute approximate surface area is 171 Å². The van der Waals surface area contributed by atoms with E-state index >= 15 is 0 Å². The Balaban J connectivity index is 1.25. The van der Waals surface area contributed by atoms with Crippen molar-refractivity contribution in [3.63, 3.8) is 0 Å². The van der Waals surface area contributed by atoms with Gasteiger partial charge in [-0.1, -0.05) is 11.8 Å². The molecule has 29 heavy (non-hydrogen) atoms. The van der Waals surface area contributed by atoms with Gasteiger partial charge >= 0.3 is 0 Å². The number of carbonyl (C=O) groups is 2. The molecule has 0 unspecified atom stereocenters. The van der Waals surface area contributed by atoms with Crippen molar-refractivity contribution < 1.29 is 18.4 Å². The van der Waals surface area contributed by atoms with Crippen molar-refractivity contribution >= 4 is 35.0 Å². The number of aromatic nitrogens is 2. The Morgan fingerprint density at radius 2 is 2.07 bits per heavy atom. The minimum absolute atomic E-state index is 0.104. The van der Waals surface area contributed by atoms with Crippen LogP contribution < -0.4 is 10.2 Å². The summed E-state index contributed by atoms with van der Waals surface area (Å²) in [5, 5.41) is 11.3. The van der Waals surface area contributed by atoms with Crippen molar-refractivity contribution in [2.75, 3.05) is 22.5 Å². The summed E-state index contributed by atoms with van der Waals surface area (Å²) in [5.41, 5.74) is 2.33. The molecule has 150 valence electrons.